The molecular formula is C15H16N2O2. The van der Waals surface area contributed by atoms with Crippen molar-refractivity contribution in [1.29, 1.82) is 0 Å². The van der Waals surface area contributed by atoms with E-state index < -0.39 is 0 Å². The van der Waals surface area contributed by atoms with Crippen molar-refractivity contribution in [3.63, 3.8) is 0 Å². The van der Waals surface area contributed by atoms with Crippen LogP contribution in [0.25, 0.3) is 0 Å². The van der Waals surface area contributed by atoms with Gasteiger partial charge in [-0.05, 0) is 18.1 Å². The Morgan fingerprint density at radius 1 is 1.11 bits per heavy atom. The lowest BCUT2D eigenvalue weighted by Gasteiger charge is -2.14. The first-order chi connectivity index (χ1) is 9.16. The van der Waals surface area contributed by atoms with Gasteiger partial charge in [0.05, 0.1) is 4.92 Å². The molecule has 4 nitrogen and oxygen atoms in total. The first-order valence-electron chi connectivity index (χ1n) is 6.18. The summed E-state index contributed by atoms with van der Waals surface area (Å²) in [5.41, 5.74) is 2.39. The lowest BCUT2D eigenvalue weighted by atomic mass is 10.1. The second-order valence-electron chi connectivity index (χ2n) is 4.44. The summed E-state index contributed by atoms with van der Waals surface area (Å²) in [6, 6.07) is 16.9. The summed E-state index contributed by atoms with van der Waals surface area (Å²) >= 11 is 0. The van der Waals surface area contributed by atoms with E-state index in [2.05, 4.69) is 17.4 Å². The molecule has 0 bridgehead atoms. The molecule has 0 aliphatic rings. The molecule has 2 aromatic rings. The third-order valence-electron chi connectivity index (χ3n) is 3.06. The van der Waals surface area contributed by atoms with Crippen LogP contribution in [0, 0.1) is 10.1 Å². The minimum absolute atomic E-state index is 0.124. The highest BCUT2D eigenvalue weighted by atomic mass is 16.6. The topological polar surface area (TPSA) is 55.2 Å². The first kappa shape index (κ1) is 13.2. The molecule has 2 rings (SSSR count). The molecule has 1 atom stereocenters. The Morgan fingerprint density at radius 3 is 2.32 bits per heavy atom. The van der Waals surface area contributed by atoms with Crippen LogP contribution in [0.15, 0.2) is 54.6 Å². The van der Waals surface area contributed by atoms with Crippen LogP contribution in [0.1, 0.15) is 24.1 Å². The molecule has 1 unspecified atom stereocenters. The van der Waals surface area contributed by atoms with E-state index in [1.54, 1.807) is 12.1 Å². The number of benzene rings is 2. The molecule has 4 heteroatoms. The Morgan fingerprint density at radius 2 is 1.74 bits per heavy atom. The van der Waals surface area contributed by atoms with E-state index in [1.807, 2.05) is 25.1 Å². The van der Waals surface area contributed by atoms with Crippen molar-refractivity contribution >= 4 is 5.69 Å². The van der Waals surface area contributed by atoms with E-state index in [9.17, 15) is 10.1 Å². The number of non-ortho nitro benzene ring substituents is 1. The van der Waals surface area contributed by atoms with Gasteiger partial charge in [-0.1, -0.05) is 42.5 Å². The van der Waals surface area contributed by atoms with Gasteiger partial charge in [0.25, 0.3) is 5.69 Å². The molecule has 0 fully saturated rings. The third-order valence-corrected chi connectivity index (χ3v) is 3.06. The second-order valence-corrected chi connectivity index (χ2v) is 4.44. The minimum Gasteiger partial charge on any atom is -0.306 e. The maximum atomic E-state index is 10.6. The number of rotatable bonds is 5. The number of hydrogen-bond donors (Lipinski definition) is 1. The molecule has 19 heavy (non-hydrogen) atoms. The highest BCUT2D eigenvalue weighted by Gasteiger charge is 2.08. The predicted octanol–water partition coefficient (Wildman–Crippen LogP) is 3.45. The fourth-order valence-electron chi connectivity index (χ4n) is 1.87. The highest BCUT2D eigenvalue weighted by molar-refractivity contribution is 5.34. The van der Waals surface area contributed by atoms with Crippen molar-refractivity contribution in [3.8, 4) is 0 Å². The number of nitro groups is 1. The van der Waals surface area contributed by atoms with Gasteiger partial charge in [0.1, 0.15) is 0 Å². The Kier molecular flexibility index (Phi) is 4.26. The molecule has 0 radical (unpaired) electrons. The summed E-state index contributed by atoms with van der Waals surface area (Å²) < 4.78 is 0. The molecule has 0 amide bonds. The average Bonchev–Trinajstić information content (AvgIpc) is 2.46. The first-order valence-corrected chi connectivity index (χ1v) is 6.18. The SMILES string of the molecule is CC(NCc1ccccc1)c1ccc([N+](=O)[O-])cc1. The van der Waals surface area contributed by atoms with Crippen LogP contribution in [-0.4, -0.2) is 4.92 Å². The smallest absolute Gasteiger partial charge is 0.269 e. The summed E-state index contributed by atoms with van der Waals surface area (Å²) in [6.07, 6.45) is 0. The van der Waals surface area contributed by atoms with Crippen LogP contribution < -0.4 is 5.32 Å². The van der Waals surface area contributed by atoms with Crippen LogP contribution in [0.5, 0.6) is 0 Å². The quantitative estimate of drug-likeness (QED) is 0.658. The van der Waals surface area contributed by atoms with Gasteiger partial charge < -0.3 is 5.32 Å². The van der Waals surface area contributed by atoms with E-state index >= 15 is 0 Å². The van der Waals surface area contributed by atoms with Gasteiger partial charge in [-0.2, -0.15) is 0 Å². The van der Waals surface area contributed by atoms with Crippen molar-refractivity contribution in [2.24, 2.45) is 0 Å². The van der Waals surface area contributed by atoms with Gasteiger partial charge in [-0.25, -0.2) is 0 Å². The fourth-order valence-corrected chi connectivity index (χ4v) is 1.87. The number of nitro benzene ring substituents is 1. The molecule has 0 spiro atoms. The molecule has 0 heterocycles. The lowest BCUT2D eigenvalue weighted by Crippen LogP contribution is -2.17. The van der Waals surface area contributed by atoms with Crippen LogP contribution in [0.4, 0.5) is 5.69 Å². The van der Waals surface area contributed by atoms with Gasteiger partial charge in [-0.15, -0.1) is 0 Å². The molecule has 98 valence electrons. The van der Waals surface area contributed by atoms with Crippen molar-refractivity contribution in [2.45, 2.75) is 19.5 Å². The maximum absolute atomic E-state index is 10.6. The average molecular weight is 256 g/mol. The molecule has 0 aliphatic carbocycles. The van der Waals surface area contributed by atoms with Crippen molar-refractivity contribution in [2.75, 3.05) is 0 Å². The molecule has 2 aromatic carbocycles. The number of nitrogens with zero attached hydrogens (tertiary/aromatic N) is 1. The van der Waals surface area contributed by atoms with E-state index in [4.69, 9.17) is 0 Å². The molecule has 0 saturated carbocycles. The summed E-state index contributed by atoms with van der Waals surface area (Å²) in [4.78, 5) is 10.2. The van der Waals surface area contributed by atoms with Crippen molar-refractivity contribution < 1.29 is 4.92 Å². The lowest BCUT2D eigenvalue weighted by molar-refractivity contribution is -0.384. The van der Waals surface area contributed by atoms with Gasteiger partial charge in [0.15, 0.2) is 0 Å². The Hall–Kier alpha value is -2.20. The van der Waals surface area contributed by atoms with Gasteiger partial charge in [0, 0.05) is 24.7 Å². The van der Waals surface area contributed by atoms with Crippen LogP contribution in [0.2, 0.25) is 0 Å². The zero-order valence-corrected chi connectivity index (χ0v) is 10.7. The highest BCUT2D eigenvalue weighted by Crippen LogP contribution is 2.17. The van der Waals surface area contributed by atoms with E-state index in [0.717, 1.165) is 12.1 Å². The van der Waals surface area contributed by atoms with Crippen LogP contribution in [0.3, 0.4) is 0 Å². The van der Waals surface area contributed by atoms with Gasteiger partial charge in [0.2, 0.25) is 0 Å². The van der Waals surface area contributed by atoms with Gasteiger partial charge in [-0.3, -0.25) is 10.1 Å². The Bertz CT molecular complexity index is 538. The van der Waals surface area contributed by atoms with Crippen molar-refractivity contribution in [1.82, 2.24) is 5.32 Å². The van der Waals surface area contributed by atoms with Crippen LogP contribution >= 0.6 is 0 Å². The van der Waals surface area contributed by atoms with Crippen molar-refractivity contribution in [3.05, 3.63) is 75.8 Å². The standard InChI is InChI=1S/C15H16N2O2/c1-12(16-11-13-5-3-2-4-6-13)14-7-9-15(10-8-14)17(18)19/h2-10,12,16H,11H2,1H3. The normalized spacial score (nSPS) is 12.1. The second kappa shape index (κ2) is 6.11. The van der Waals surface area contributed by atoms with Gasteiger partial charge >= 0.3 is 0 Å². The molecule has 1 N–H and O–H groups in total. The summed E-state index contributed by atoms with van der Waals surface area (Å²) in [5, 5.41) is 14.0. The minimum atomic E-state index is -0.383. The van der Waals surface area contributed by atoms with E-state index in [1.165, 1.54) is 17.7 Å². The fraction of sp³-hybridized carbons (Fsp3) is 0.200. The molecule has 0 aliphatic heterocycles. The third kappa shape index (κ3) is 3.63. The Balaban J connectivity index is 1.96. The summed E-state index contributed by atoms with van der Waals surface area (Å²) in [5.74, 6) is 0. The number of nitrogens with one attached hydrogen (secondary N) is 1. The summed E-state index contributed by atoms with van der Waals surface area (Å²) in [7, 11) is 0. The summed E-state index contributed by atoms with van der Waals surface area (Å²) in [6.45, 7) is 2.82. The largest absolute Gasteiger partial charge is 0.306 e. The monoisotopic (exact) mass is 256 g/mol. The molecular weight excluding hydrogens is 240 g/mol. The Labute approximate surface area is 112 Å². The van der Waals surface area contributed by atoms with E-state index in [0.29, 0.717) is 0 Å². The molecule has 0 aromatic heterocycles. The van der Waals surface area contributed by atoms with E-state index in [-0.39, 0.29) is 16.7 Å². The molecule has 0 saturated heterocycles. The maximum Gasteiger partial charge on any atom is 0.269 e. The zero-order chi connectivity index (χ0) is 13.7. The number of hydrogen-bond acceptors (Lipinski definition) is 3. The predicted molar refractivity (Wildman–Crippen MR) is 74.8 cm³/mol. The van der Waals surface area contributed by atoms with Crippen LogP contribution in [-0.2, 0) is 6.54 Å². The zero-order valence-electron chi connectivity index (χ0n) is 10.7.